The van der Waals surface area contributed by atoms with E-state index in [1.54, 1.807) is 30.3 Å². The summed E-state index contributed by atoms with van der Waals surface area (Å²) < 4.78 is 28.4. The number of aromatic nitrogens is 1. The van der Waals surface area contributed by atoms with Gasteiger partial charge in [-0.2, -0.15) is 4.72 Å². The summed E-state index contributed by atoms with van der Waals surface area (Å²) in [4.78, 5) is 26.8. The number of pyridine rings is 1. The Balaban J connectivity index is 1.86. The van der Waals surface area contributed by atoms with Crippen LogP contribution in [0.4, 0.5) is 5.69 Å². The summed E-state index contributed by atoms with van der Waals surface area (Å²) >= 11 is 0. The molecule has 0 saturated carbocycles. The zero-order valence-electron chi connectivity index (χ0n) is 16.2. The summed E-state index contributed by atoms with van der Waals surface area (Å²) in [7, 11) is -3.95. The summed E-state index contributed by atoms with van der Waals surface area (Å²) in [6, 6.07) is 15.3. The van der Waals surface area contributed by atoms with Gasteiger partial charge in [0.15, 0.2) is 0 Å². The number of anilines is 1. The van der Waals surface area contributed by atoms with Gasteiger partial charge in [0, 0.05) is 17.3 Å². The molecule has 1 aromatic heterocycles. The highest BCUT2D eigenvalue weighted by molar-refractivity contribution is 7.89. The fraction of sp³-hybridized carbons (Fsp3) is 0.238. The number of benzene rings is 2. The minimum absolute atomic E-state index is 0.0262. The van der Waals surface area contributed by atoms with E-state index in [2.05, 4.69) is 15.0 Å². The molecule has 0 saturated heterocycles. The van der Waals surface area contributed by atoms with E-state index in [1.165, 1.54) is 24.3 Å². The van der Waals surface area contributed by atoms with E-state index >= 15 is 0 Å². The molecule has 0 aliphatic carbocycles. The Labute approximate surface area is 169 Å². The van der Waals surface area contributed by atoms with Crippen LogP contribution in [0, 0.1) is 5.92 Å². The quantitative estimate of drug-likeness (QED) is 0.553. The molecule has 3 aromatic rings. The van der Waals surface area contributed by atoms with Crippen molar-refractivity contribution in [3.05, 3.63) is 71.0 Å². The standard InChI is InChI=1S/C21H23N3O4S/c1-14(2)12-19(21(26)22-16-6-4-3-5-7-16)24-29(27,28)17-9-10-18-15(13-17)8-11-20(25)23-18/h3-11,13-14,19,24H,12H2,1-2H3,(H,22,26)(H,23,25)/t19-/m0/s1. The fourth-order valence-corrected chi connectivity index (χ4v) is 4.23. The van der Waals surface area contributed by atoms with E-state index in [9.17, 15) is 18.0 Å². The SMILES string of the molecule is CC(C)C[C@H](NS(=O)(=O)c1ccc2[nH]c(=O)ccc2c1)C(=O)Nc1ccccc1. The van der Waals surface area contributed by atoms with E-state index in [-0.39, 0.29) is 16.4 Å². The van der Waals surface area contributed by atoms with E-state index in [1.807, 2.05) is 19.9 Å². The molecule has 2 aromatic carbocycles. The van der Waals surface area contributed by atoms with Gasteiger partial charge in [0.2, 0.25) is 21.5 Å². The number of H-pyrrole nitrogens is 1. The van der Waals surface area contributed by atoms with Crippen molar-refractivity contribution >= 4 is 32.5 Å². The normalized spacial score (nSPS) is 12.8. The van der Waals surface area contributed by atoms with Gasteiger partial charge in [-0.25, -0.2) is 8.42 Å². The van der Waals surface area contributed by atoms with Gasteiger partial charge in [-0.1, -0.05) is 32.0 Å². The number of fused-ring (bicyclic) bond motifs is 1. The van der Waals surface area contributed by atoms with Crippen molar-refractivity contribution in [1.29, 1.82) is 0 Å². The lowest BCUT2D eigenvalue weighted by Crippen LogP contribution is -2.44. The molecular weight excluding hydrogens is 390 g/mol. The molecule has 1 heterocycles. The lowest BCUT2D eigenvalue weighted by molar-refractivity contribution is -0.118. The summed E-state index contributed by atoms with van der Waals surface area (Å²) in [5.41, 5.74) is 0.873. The van der Waals surface area contributed by atoms with Crippen molar-refractivity contribution in [2.75, 3.05) is 5.32 Å². The molecule has 3 rings (SSSR count). The van der Waals surface area contributed by atoms with Crippen LogP contribution in [-0.4, -0.2) is 25.4 Å². The minimum Gasteiger partial charge on any atom is -0.325 e. The molecule has 0 aliphatic rings. The van der Waals surface area contributed by atoms with Crippen LogP contribution < -0.4 is 15.6 Å². The highest BCUT2D eigenvalue weighted by Crippen LogP contribution is 2.18. The van der Waals surface area contributed by atoms with Crippen LogP contribution in [0.25, 0.3) is 10.9 Å². The smallest absolute Gasteiger partial charge is 0.248 e. The number of nitrogens with one attached hydrogen (secondary N) is 3. The molecule has 0 spiro atoms. The van der Waals surface area contributed by atoms with Gasteiger partial charge in [-0.15, -0.1) is 0 Å². The number of para-hydroxylation sites is 1. The summed E-state index contributed by atoms with van der Waals surface area (Å²) in [6.45, 7) is 3.84. The third kappa shape index (κ3) is 5.30. The van der Waals surface area contributed by atoms with Crippen LogP contribution in [-0.2, 0) is 14.8 Å². The van der Waals surface area contributed by atoms with E-state index in [0.717, 1.165) is 0 Å². The summed E-state index contributed by atoms with van der Waals surface area (Å²) in [6.07, 6.45) is 0.346. The van der Waals surface area contributed by atoms with Crippen LogP contribution in [0.1, 0.15) is 20.3 Å². The van der Waals surface area contributed by atoms with Crippen LogP contribution >= 0.6 is 0 Å². The fourth-order valence-electron chi connectivity index (χ4n) is 2.99. The highest BCUT2D eigenvalue weighted by Gasteiger charge is 2.27. The molecule has 0 aliphatic heterocycles. The van der Waals surface area contributed by atoms with Crippen molar-refractivity contribution in [3.63, 3.8) is 0 Å². The predicted octanol–water partition coefficient (Wildman–Crippen LogP) is 2.86. The third-order valence-electron chi connectivity index (χ3n) is 4.37. The molecule has 3 N–H and O–H groups in total. The number of hydrogen-bond acceptors (Lipinski definition) is 4. The zero-order valence-corrected chi connectivity index (χ0v) is 17.0. The Morgan fingerprint density at radius 2 is 1.76 bits per heavy atom. The summed E-state index contributed by atoms with van der Waals surface area (Å²) in [5.74, 6) is -0.315. The minimum atomic E-state index is -3.95. The molecule has 0 radical (unpaired) electrons. The van der Waals surface area contributed by atoms with Crippen LogP contribution in [0.5, 0.6) is 0 Å². The lowest BCUT2D eigenvalue weighted by Gasteiger charge is -2.20. The van der Waals surface area contributed by atoms with Gasteiger partial charge >= 0.3 is 0 Å². The Kier molecular flexibility index (Phi) is 6.14. The third-order valence-corrected chi connectivity index (χ3v) is 5.84. The molecular formula is C21H23N3O4S. The molecule has 152 valence electrons. The number of rotatable bonds is 7. The second kappa shape index (κ2) is 8.59. The molecule has 1 amide bonds. The average Bonchev–Trinajstić information content (AvgIpc) is 2.67. The van der Waals surface area contributed by atoms with E-state index in [0.29, 0.717) is 23.0 Å². The largest absolute Gasteiger partial charge is 0.325 e. The average molecular weight is 413 g/mol. The number of carbonyl (C=O) groups is 1. The molecule has 8 heteroatoms. The highest BCUT2D eigenvalue weighted by atomic mass is 32.2. The molecule has 0 unspecified atom stereocenters. The van der Waals surface area contributed by atoms with Gasteiger partial charge in [0.25, 0.3) is 0 Å². The van der Waals surface area contributed by atoms with Crippen molar-refractivity contribution in [1.82, 2.24) is 9.71 Å². The Bertz CT molecular complexity index is 1170. The predicted molar refractivity (Wildman–Crippen MR) is 113 cm³/mol. The van der Waals surface area contributed by atoms with Crippen LogP contribution in [0.15, 0.2) is 70.4 Å². The van der Waals surface area contributed by atoms with Crippen LogP contribution in [0.2, 0.25) is 0 Å². The molecule has 29 heavy (non-hydrogen) atoms. The molecule has 0 fully saturated rings. The maximum absolute atomic E-state index is 12.9. The zero-order chi connectivity index (χ0) is 21.0. The Morgan fingerprint density at radius 1 is 1.03 bits per heavy atom. The van der Waals surface area contributed by atoms with Crippen molar-refractivity contribution in [2.24, 2.45) is 5.92 Å². The van der Waals surface area contributed by atoms with Gasteiger partial charge < -0.3 is 10.3 Å². The number of sulfonamides is 1. The van der Waals surface area contributed by atoms with E-state index in [4.69, 9.17) is 0 Å². The molecule has 0 bridgehead atoms. The maximum Gasteiger partial charge on any atom is 0.248 e. The molecule has 7 nitrogen and oxygen atoms in total. The van der Waals surface area contributed by atoms with Crippen molar-refractivity contribution in [3.8, 4) is 0 Å². The topological polar surface area (TPSA) is 108 Å². The first-order valence-corrected chi connectivity index (χ1v) is 10.7. The number of carbonyl (C=O) groups excluding carboxylic acids is 1. The monoisotopic (exact) mass is 413 g/mol. The number of hydrogen-bond donors (Lipinski definition) is 3. The first kappa shape index (κ1) is 20.8. The van der Waals surface area contributed by atoms with Gasteiger partial charge in [-0.3, -0.25) is 9.59 Å². The lowest BCUT2D eigenvalue weighted by atomic mass is 10.0. The summed E-state index contributed by atoms with van der Waals surface area (Å²) in [5, 5.41) is 3.34. The number of amides is 1. The molecule has 1 atom stereocenters. The number of aromatic amines is 1. The Hall–Kier alpha value is -2.97. The maximum atomic E-state index is 12.9. The van der Waals surface area contributed by atoms with Gasteiger partial charge in [0.1, 0.15) is 6.04 Å². The second-order valence-corrected chi connectivity index (χ2v) is 8.94. The first-order chi connectivity index (χ1) is 13.7. The van der Waals surface area contributed by atoms with Crippen molar-refractivity contribution < 1.29 is 13.2 Å². The van der Waals surface area contributed by atoms with E-state index < -0.39 is 22.0 Å². The van der Waals surface area contributed by atoms with Gasteiger partial charge in [-0.05, 0) is 54.1 Å². The van der Waals surface area contributed by atoms with Gasteiger partial charge in [0.05, 0.1) is 4.90 Å². The Morgan fingerprint density at radius 3 is 2.45 bits per heavy atom. The second-order valence-electron chi connectivity index (χ2n) is 7.23. The van der Waals surface area contributed by atoms with Crippen LogP contribution in [0.3, 0.4) is 0 Å². The first-order valence-electron chi connectivity index (χ1n) is 9.26. The van der Waals surface area contributed by atoms with Crippen molar-refractivity contribution in [2.45, 2.75) is 31.2 Å².